The van der Waals surface area contributed by atoms with Crippen LogP contribution in [0.1, 0.15) is 0 Å². The van der Waals surface area contributed by atoms with Crippen molar-refractivity contribution in [1.29, 1.82) is 0 Å². The molecule has 0 saturated heterocycles. The summed E-state index contributed by atoms with van der Waals surface area (Å²) in [7, 11) is 0. The molecule has 0 aromatic rings. The minimum Gasteiger partial charge on any atom is -2.00 e. The second kappa shape index (κ2) is 19.0. The van der Waals surface area contributed by atoms with E-state index in [0.29, 0.717) is 0 Å². The van der Waals surface area contributed by atoms with Crippen molar-refractivity contribution in [3.05, 3.63) is 0 Å². The first-order valence-electron chi connectivity index (χ1n) is 0. The molecular formula is H3AlCaOP. The third-order valence-corrected chi connectivity index (χ3v) is 0. The van der Waals surface area contributed by atoms with Gasteiger partial charge in [-0.05, 0) is 0 Å². The summed E-state index contributed by atoms with van der Waals surface area (Å²) < 4.78 is 0. The molecule has 0 N–H and O–H groups in total. The molecular weight excluding hydrogens is 114 g/mol. The molecule has 1 nitrogen and oxygen atoms in total. The van der Waals surface area contributed by atoms with Crippen molar-refractivity contribution < 1.29 is 5.48 Å². The third kappa shape index (κ3) is 8.89. The van der Waals surface area contributed by atoms with Crippen LogP contribution in [0.4, 0.5) is 0 Å². The van der Waals surface area contributed by atoms with Crippen LogP contribution in [0.3, 0.4) is 0 Å². The van der Waals surface area contributed by atoms with Crippen LogP contribution < -0.4 is 0 Å². The van der Waals surface area contributed by atoms with E-state index in [1.165, 1.54) is 0 Å². The molecule has 0 rings (SSSR count). The Labute approximate surface area is 69.6 Å². The Morgan fingerprint density at radius 3 is 1.00 bits per heavy atom. The largest absolute Gasteiger partial charge is 2.00 e. The summed E-state index contributed by atoms with van der Waals surface area (Å²) in [5.74, 6) is 0. The molecule has 0 amide bonds. The van der Waals surface area contributed by atoms with Gasteiger partial charge in [0.05, 0.1) is 0 Å². The van der Waals surface area contributed by atoms with E-state index in [1.54, 1.807) is 0 Å². The zero-order valence-corrected chi connectivity index (χ0v) is 7.18. The predicted octanol–water partition coefficient (Wildman–Crippen LogP) is -0.822. The Balaban J connectivity index is 0. The number of hydrogen-bond acceptors (Lipinski definition) is 0. The molecule has 0 fully saturated rings. The fourth-order valence-corrected chi connectivity index (χ4v) is 0. The van der Waals surface area contributed by atoms with Gasteiger partial charge < -0.3 is 5.48 Å². The molecule has 0 aromatic heterocycles. The van der Waals surface area contributed by atoms with E-state index in [4.69, 9.17) is 0 Å². The van der Waals surface area contributed by atoms with Crippen molar-refractivity contribution in [1.82, 2.24) is 0 Å². The molecule has 4 heteroatoms. The Kier molecular flexibility index (Phi) is 166. The molecule has 19 valence electrons. The Hall–Kier alpha value is 2.18. The number of rotatable bonds is 0. The fourth-order valence-electron chi connectivity index (χ4n) is 0. The van der Waals surface area contributed by atoms with E-state index in [0.717, 1.165) is 0 Å². The maximum Gasteiger partial charge on any atom is 2.00 e. The maximum absolute atomic E-state index is 0. The summed E-state index contributed by atoms with van der Waals surface area (Å²) in [6.07, 6.45) is 0. The van der Waals surface area contributed by atoms with Gasteiger partial charge in [-0.1, -0.05) is 0 Å². The van der Waals surface area contributed by atoms with Gasteiger partial charge in [0.15, 0.2) is 0 Å². The average molecular weight is 117 g/mol. The molecule has 0 heterocycles. The van der Waals surface area contributed by atoms with Crippen LogP contribution in [0.25, 0.3) is 0 Å². The van der Waals surface area contributed by atoms with Gasteiger partial charge in [0, 0.05) is 17.4 Å². The van der Waals surface area contributed by atoms with E-state index >= 15 is 0 Å². The standard InChI is InChI=1S/Al.Ca.O.H3P/h;;;1H3/q;+2;-2;. The average Bonchev–Trinajstić information content (AvgIpc) is 0. The van der Waals surface area contributed by atoms with E-state index in [-0.39, 0.29) is 70.5 Å². The topological polar surface area (TPSA) is 28.5 Å². The Morgan fingerprint density at radius 1 is 1.00 bits per heavy atom. The summed E-state index contributed by atoms with van der Waals surface area (Å²) in [5.41, 5.74) is 0. The molecule has 0 aromatic carbocycles. The van der Waals surface area contributed by atoms with E-state index in [2.05, 4.69) is 0 Å². The minimum atomic E-state index is 0. The van der Waals surface area contributed by atoms with E-state index < -0.39 is 0 Å². The zero-order valence-electron chi connectivity index (χ0n) is 2.40. The second-order valence-corrected chi connectivity index (χ2v) is 0. The minimum absolute atomic E-state index is 0. The van der Waals surface area contributed by atoms with Gasteiger partial charge >= 0.3 is 37.7 Å². The fraction of sp³-hybridized carbons (Fsp3) is 0. The van der Waals surface area contributed by atoms with Gasteiger partial charge in [0.1, 0.15) is 0 Å². The summed E-state index contributed by atoms with van der Waals surface area (Å²) in [5, 5.41) is 0. The van der Waals surface area contributed by atoms with E-state index in [1.807, 2.05) is 0 Å². The Bertz CT molecular complexity index is 8.00. The molecule has 1 atom stereocenters. The molecule has 0 aliphatic rings. The molecule has 4 heavy (non-hydrogen) atoms. The van der Waals surface area contributed by atoms with Crippen molar-refractivity contribution in [3.63, 3.8) is 0 Å². The summed E-state index contributed by atoms with van der Waals surface area (Å²) in [6, 6.07) is 0. The normalized spacial score (nSPS) is 0. The van der Waals surface area contributed by atoms with Crippen molar-refractivity contribution >= 4 is 65.0 Å². The maximum atomic E-state index is 0. The predicted molar refractivity (Wildman–Crippen MR) is 23.3 cm³/mol. The molecule has 1 unspecified atom stereocenters. The third-order valence-electron chi connectivity index (χ3n) is 0. The van der Waals surface area contributed by atoms with Crippen molar-refractivity contribution in [2.75, 3.05) is 0 Å². The van der Waals surface area contributed by atoms with E-state index in [9.17, 15) is 0 Å². The van der Waals surface area contributed by atoms with Gasteiger partial charge in [0.2, 0.25) is 0 Å². The van der Waals surface area contributed by atoms with Gasteiger partial charge in [-0.2, -0.15) is 9.90 Å². The first kappa shape index (κ1) is 34.9. The molecule has 0 saturated carbocycles. The van der Waals surface area contributed by atoms with Crippen LogP contribution in [0.2, 0.25) is 0 Å². The van der Waals surface area contributed by atoms with Crippen LogP contribution >= 0.6 is 9.90 Å². The van der Waals surface area contributed by atoms with Crippen molar-refractivity contribution in [3.8, 4) is 0 Å². The van der Waals surface area contributed by atoms with Crippen LogP contribution in [-0.2, 0) is 5.48 Å². The quantitative estimate of drug-likeness (QED) is 0.293. The van der Waals surface area contributed by atoms with Gasteiger partial charge in [-0.15, -0.1) is 0 Å². The van der Waals surface area contributed by atoms with Crippen LogP contribution in [-0.4, -0.2) is 55.1 Å². The van der Waals surface area contributed by atoms with Crippen LogP contribution in [0.5, 0.6) is 0 Å². The van der Waals surface area contributed by atoms with Gasteiger partial charge in [-0.3, -0.25) is 0 Å². The van der Waals surface area contributed by atoms with Crippen molar-refractivity contribution in [2.45, 2.75) is 0 Å². The second-order valence-electron chi connectivity index (χ2n) is 0. The zero-order chi connectivity index (χ0) is 0. The molecule has 3 radical (unpaired) electrons. The molecule has 0 aliphatic carbocycles. The van der Waals surface area contributed by atoms with Crippen molar-refractivity contribution in [2.24, 2.45) is 0 Å². The first-order chi connectivity index (χ1) is 0. The van der Waals surface area contributed by atoms with Gasteiger partial charge in [0.25, 0.3) is 0 Å². The monoisotopic (exact) mass is 117 g/mol. The number of hydrogen-bond donors (Lipinski definition) is 0. The summed E-state index contributed by atoms with van der Waals surface area (Å²) in [6.45, 7) is 0. The smallest absolute Gasteiger partial charge is 2.00 e. The molecule has 0 aliphatic heterocycles. The SMILES string of the molecule is P.[Al].[Ca+2].[O-2]. The summed E-state index contributed by atoms with van der Waals surface area (Å²) >= 11 is 0. The molecule has 0 spiro atoms. The first-order valence-corrected chi connectivity index (χ1v) is 0. The Morgan fingerprint density at radius 2 is 1.00 bits per heavy atom. The summed E-state index contributed by atoms with van der Waals surface area (Å²) in [4.78, 5) is 0. The molecule has 0 bridgehead atoms. The van der Waals surface area contributed by atoms with Crippen LogP contribution in [0, 0.1) is 0 Å². The van der Waals surface area contributed by atoms with Crippen LogP contribution in [0.15, 0.2) is 0 Å². The van der Waals surface area contributed by atoms with Gasteiger partial charge in [-0.25, -0.2) is 0 Å².